The Kier molecular flexibility index (Phi) is 2.27. The molecule has 0 aromatic rings. The lowest BCUT2D eigenvalue weighted by Crippen LogP contribution is -2.39. The standard InChI is InChI=1S/C7H14N2O/c1-5(7(10)9-8)6-3-2-4-6/h5-6H,2-4,8H2,1H3,(H,9,10). The quantitative estimate of drug-likeness (QED) is 0.333. The fourth-order valence-electron chi connectivity index (χ4n) is 1.29. The molecule has 0 aliphatic heterocycles. The van der Waals surface area contributed by atoms with Crippen molar-refractivity contribution in [1.82, 2.24) is 5.43 Å². The lowest BCUT2D eigenvalue weighted by atomic mass is 9.76. The molecule has 3 nitrogen and oxygen atoms in total. The predicted molar refractivity (Wildman–Crippen MR) is 38.8 cm³/mol. The zero-order chi connectivity index (χ0) is 7.56. The number of hydrazine groups is 1. The van der Waals surface area contributed by atoms with E-state index in [4.69, 9.17) is 5.84 Å². The predicted octanol–water partition coefficient (Wildman–Crippen LogP) is 0.412. The van der Waals surface area contributed by atoms with E-state index in [1.165, 1.54) is 19.3 Å². The van der Waals surface area contributed by atoms with E-state index in [1.807, 2.05) is 6.92 Å². The average molecular weight is 142 g/mol. The fourth-order valence-corrected chi connectivity index (χ4v) is 1.29. The molecule has 3 heteroatoms. The van der Waals surface area contributed by atoms with Crippen LogP contribution in [0, 0.1) is 11.8 Å². The summed E-state index contributed by atoms with van der Waals surface area (Å²) in [5.74, 6) is 5.66. The lowest BCUT2D eigenvalue weighted by molar-refractivity contribution is -0.127. The molecule has 0 bridgehead atoms. The van der Waals surface area contributed by atoms with Gasteiger partial charge in [-0.15, -0.1) is 0 Å². The van der Waals surface area contributed by atoms with Crippen LogP contribution >= 0.6 is 0 Å². The van der Waals surface area contributed by atoms with Crippen molar-refractivity contribution in [2.24, 2.45) is 17.7 Å². The molecule has 1 rings (SSSR count). The molecule has 3 N–H and O–H groups in total. The molecule has 1 fully saturated rings. The number of nitrogens with one attached hydrogen (secondary N) is 1. The fraction of sp³-hybridized carbons (Fsp3) is 0.857. The molecule has 58 valence electrons. The summed E-state index contributed by atoms with van der Waals surface area (Å²) < 4.78 is 0. The van der Waals surface area contributed by atoms with Crippen molar-refractivity contribution >= 4 is 5.91 Å². The summed E-state index contributed by atoms with van der Waals surface area (Å²) in [6, 6.07) is 0. The Balaban J connectivity index is 2.31. The summed E-state index contributed by atoms with van der Waals surface area (Å²) in [6.45, 7) is 1.94. The summed E-state index contributed by atoms with van der Waals surface area (Å²) in [5.41, 5.74) is 2.17. The molecule has 1 atom stereocenters. The van der Waals surface area contributed by atoms with E-state index in [2.05, 4.69) is 5.43 Å². The van der Waals surface area contributed by atoms with Crippen LogP contribution < -0.4 is 11.3 Å². The Bertz CT molecular complexity index is 132. The second-order valence-electron chi connectivity index (χ2n) is 2.99. The van der Waals surface area contributed by atoms with Crippen LogP contribution in [0.1, 0.15) is 26.2 Å². The molecule has 10 heavy (non-hydrogen) atoms. The van der Waals surface area contributed by atoms with Crippen LogP contribution in [0.4, 0.5) is 0 Å². The third-order valence-electron chi connectivity index (χ3n) is 2.41. The molecular formula is C7H14N2O. The maximum Gasteiger partial charge on any atom is 0.236 e. The molecule has 1 saturated carbocycles. The van der Waals surface area contributed by atoms with Gasteiger partial charge in [0.2, 0.25) is 5.91 Å². The number of amides is 1. The van der Waals surface area contributed by atoms with Crippen LogP contribution in [-0.4, -0.2) is 5.91 Å². The van der Waals surface area contributed by atoms with Crippen molar-refractivity contribution in [3.8, 4) is 0 Å². The summed E-state index contributed by atoms with van der Waals surface area (Å²) in [6.07, 6.45) is 3.65. The molecule has 0 aromatic heterocycles. The smallest absolute Gasteiger partial charge is 0.236 e. The highest BCUT2D eigenvalue weighted by Crippen LogP contribution is 2.32. The van der Waals surface area contributed by atoms with Crippen molar-refractivity contribution in [3.05, 3.63) is 0 Å². The molecule has 1 aliphatic carbocycles. The molecule has 0 radical (unpaired) electrons. The van der Waals surface area contributed by atoms with Crippen LogP contribution in [-0.2, 0) is 4.79 Å². The van der Waals surface area contributed by atoms with Gasteiger partial charge in [-0.05, 0) is 18.8 Å². The lowest BCUT2D eigenvalue weighted by Gasteiger charge is -2.29. The van der Waals surface area contributed by atoms with Gasteiger partial charge >= 0.3 is 0 Å². The second-order valence-corrected chi connectivity index (χ2v) is 2.99. The molecule has 1 amide bonds. The highest BCUT2D eigenvalue weighted by Gasteiger charge is 2.28. The maximum absolute atomic E-state index is 10.9. The van der Waals surface area contributed by atoms with Gasteiger partial charge < -0.3 is 0 Å². The minimum atomic E-state index is -0.0234. The Hall–Kier alpha value is -0.570. The summed E-state index contributed by atoms with van der Waals surface area (Å²) in [7, 11) is 0. The molecule has 1 unspecified atom stereocenters. The highest BCUT2D eigenvalue weighted by molar-refractivity contribution is 5.77. The van der Waals surface area contributed by atoms with Crippen molar-refractivity contribution in [2.45, 2.75) is 26.2 Å². The van der Waals surface area contributed by atoms with Crippen molar-refractivity contribution in [2.75, 3.05) is 0 Å². The van der Waals surface area contributed by atoms with Gasteiger partial charge in [0.25, 0.3) is 0 Å². The topological polar surface area (TPSA) is 55.1 Å². The monoisotopic (exact) mass is 142 g/mol. The molecule has 0 aromatic carbocycles. The first-order valence-electron chi connectivity index (χ1n) is 3.76. The Labute approximate surface area is 60.9 Å². The van der Waals surface area contributed by atoms with Gasteiger partial charge in [-0.1, -0.05) is 13.3 Å². The van der Waals surface area contributed by atoms with Crippen molar-refractivity contribution in [1.29, 1.82) is 0 Å². The van der Waals surface area contributed by atoms with E-state index >= 15 is 0 Å². The number of nitrogens with two attached hydrogens (primary N) is 1. The third-order valence-corrected chi connectivity index (χ3v) is 2.41. The number of hydrogen-bond acceptors (Lipinski definition) is 2. The average Bonchev–Trinajstić information content (AvgIpc) is 1.82. The molecule has 0 saturated heterocycles. The van der Waals surface area contributed by atoms with E-state index in [1.54, 1.807) is 0 Å². The number of hydrogen-bond donors (Lipinski definition) is 2. The zero-order valence-electron chi connectivity index (χ0n) is 6.26. The Morgan fingerprint density at radius 2 is 2.30 bits per heavy atom. The zero-order valence-corrected chi connectivity index (χ0v) is 6.26. The van der Waals surface area contributed by atoms with Crippen molar-refractivity contribution < 1.29 is 4.79 Å². The van der Waals surface area contributed by atoms with Crippen LogP contribution in [0.15, 0.2) is 0 Å². The van der Waals surface area contributed by atoms with Crippen molar-refractivity contribution in [3.63, 3.8) is 0 Å². The maximum atomic E-state index is 10.9. The van der Waals surface area contributed by atoms with E-state index in [0.29, 0.717) is 5.92 Å². The largest absolute Gasteiger partial charge is 0.294 e. The van der Waals surface area contributed by atoms with Gasteiger partial charge in [-0.3, -0.25) is 10.2 Å². The minimum Gasteiger partial charge on any atom is -0.294 e. The first-order valence-corrected chi connectivity index (χ1v) is 3.76. The van der Waals surface area contributed by atoms with E-state index < -0.39 is 0 Å². The molecule has 1 aliphatic rings. The first-order chi connectivity index (χ1) is 4.75. The van der Waals surface area contributed by atoms with Crippen LogP contribution in [0.5, 0.6) is 0 Å². The SMILES string of the molecule is CC(C(=O)NN)C1CCC1. The summed E-state index contributed by atoms with van der Waals surface area (Å²) >= 11 is 0. The second kappa shape index (κ2) is 3.01. The van der Waals surface area contributed by atoms with E-state index in [-0.39, 0.29) is 11.8 Å². The van der Waals surface area contributed by atoms with Gasteiger partial charge in [0.1, 0.15) is 0 Å². The number of carbonyl (C=O) groups is 1. The minimum absolute atomic E-state index is 0.0234. The van der Waals surface area contributed by atoms with Crippen LogP contribution in [0.25, 0.3) is 0 Å². The molecular weight excluding hydrogens is 128 g/mol. The molecule has 0 spiro atoms. The Morgan fingerprint density at radius 1 is 1.70 bits per heavy atom. The van der Waals surface area contributed by atoms with Gasteiger partial charge in [0.05, 0.1) is 0 Å². The van der Waals surface area contributed by atoms with Gasteiger partial charge in [-0.2, -0.15) is 0 Å². The Morgan fingerprint density at radius 3 is 2.60 bits per heavy atom. The first kappa shape index (κ1) is 7.54. The summed E-state index contributed by atoms with van der Waals surface area (Å²) in [4.78, 5) is 10.9. The number of carbonyl (C=O) groups excluding carboxylic acids is 1. The molecule has 0 heterocycles. The van der Waals surface area contributed by atoms with Crippen LogP contribution in [0.2, 0.25) is 0 Å². The normalized spacial score (nSPS) is 21.4. The van der Waals surface area contributed by atoms with E-state index in [9.17, 15) is 4.79 Å². The van der Waals surface area contributed by atoms with Gasteiger partial charge in [0.15, 0.2) is 0 Å². The van der Waals surface area contributed by atoms with Crippen LogP contribution in [0.3, 0.4) is 0 Å². The van der Waals surface area contributed by atoms with Gasteiger partial charge in [-0.25, -0.2) is 5.84 Å². The van der Waals surface area contributed by atoms with E-state index in [0.717, 1.165) is 0 Å². The number of rotatable bonds is 2. The highest BCUT2D eigenvalue weighted by atomic mass is 16.2. The van der Waals surface area contributed by atoms with Gasteiger partial charge in [0, 0.05) is 5.92 Å². The summed E-state index contributed by atoms with van der Waals surface area (Å²) in [5, 5.41) is 0. The third kappa shape index (κ3) is 1.29.